The predicted molar refractivity (Wildman–Crippen MR) is 119 cm³/mol. The van der Waals surface area contributed by atoms with Crippen LogP contribution in [0.25, 0.3) is 0 Å². The van der Waals surface area contributed by atoms with E-state index in [4.69, 9.17) is 4.74 Å². The van der Waals surface area contributed by atoms with Crippen LogP contribution < -0.4 is 0 Å². The Balaban J connectivity index is 1.35. The SMILES string of the molecule is C[C@]12CC[C@H](OC=O)C[C@@H]1CC[C@H]1[C@H]2CC[C@@]2(C)C(C#Cc3ccccc3)=CC[C@H]12. The summed E-state index contributed by atoms with van der Waals surface area (Å²) >= 11 is 0. The first-order valence-electron chi connectivity index (χ1n) is 11.9. The van der Waals surface area contributed by atoms with Crippen molar-refractivity contribution in [3.8, 4) is 11.8 Å². The first-order valence-corrected chi connectivity index (χ1v) is 11.9. The van der Waals surface area contributed by atoms with Gasteiger partial charge in [0.25, 0.3) is 6.47 Å². The molecule has 30 heavy (non-hydrogen) atoms. The molecule has 0 N–H and O–H groups in total. The Morgan fingerprint density at radius 1 is 1.00 bits per heavy atom. The average molecular weight is 403 g/mol. The number of ether oxygens (including phenoxy) is 1. The lowest BCUT2D eigenvalue weighted by Gasteiger charge is -2.60. The molecular formula is C28H34O2. The minimum Gasteiger partial charge on any atom is -0.465 e. The molecule has 5 rings (SSSR count). The number of rotatable bonds is 2. The van der Waals surface area contributed by atoms with Crippen LogP contribution in [-0.4, -0.2) is 12.6 Å². The Kier molecular flexibility index (Phi) is 5.04. The number of benzene rings is 1. The lowest BCUT2D eigenvalue weighted by molar-refractivity contribution is -0.147. The third-order valence-corrected chi connectivity index (χ3v) is 9.56. The van der Waals surface area contributed by atoms with Gasteiger partial charge < -0.3 is 4.74 Å². The van der Waals surface area contributed by atoms with Gasteiger partial charge in [0.15, 0.2) is 0 Å². The summed E-state index contributed by atoms with van der Waals surface area (Å²) in [5.41, 5.74) is 3.18. The molecule has 0 aliphatic heterocycles. The van der Waals surface area contributed by atoms with Crippen molar-refractivity contribution < 1.29 is 9.53 Å². The summed E-state index contributed by atoms with van der Waals surface area (Å²) in [7, 11) is 0. The van der Waals surface area contributed by atoms with Crippen LogP contribution >= 0.6 is 0 Å². The Bertz CT molecular complexity index is 890. The van der Waals surface area contributed by atoms with E-state index in [2.05, 4.69) is 56.0 Å². The number of fused-ring (bicyclic) bond motifs is 5. The van der Waals surface area contributed by atoms with Crippen LogP contribution in [0.3, 0.4) is 0 Å². The maximum absolute atomic E-state index is 10.8. The molecule has 158 valence electrons. The van der Waals surface area contributed by atoms with Crippen LogP contribution in [0.2, 0.25) is 0 Å². The quantitative estimate of drug-likeness (QED) is 0.437. The molecule has 2 heteroatoms. The minimum absolute atomic E-state index is 0.152. The summed E-state index contributed by atoms with van der Waals surface area (Å²) in [6.45, 7) is 5.72. The zero-order valence-corrected chi connectivity index (χ0v) is 18.4. The van der Waals surface area contributed by atoms with Crippen molar-refractivity contribution in [1.29, 1.82) is 0 Å². The summed E-state index contributed by atoms with van der Waals surface area (Å²) in [6.07, 6.45) is 12.4. The molecular weight excluding hydrogens is 368 g/mol. The van der Waals surface area contributed by atoms with Gasteiger partial charge in [-0.3, -0.25) is 4.79 Å². The second kappa shape index (κ2) is 7.60. The molecule has 7 atom stereocenters. The third kappa shape index (κ3) is 3.13. The van der Waals surface area contributed by atoms with Crippen molar-refractivity contribution in [2.24, 2.45) is 34.5 Å². The second-order valence-electron chi connectivity index (χ2n) is 10.7. The summed E-state index contributed by atoms with van der Waals surface area (Å²) in [5, 5.41) is 0. The van der Waals surface area contributed by atoms with E-state index >= 15 is 0 Å². The maximum atomic E-state index is 10.8. The Morgan fingerprint density at radius 2 is 1.83 bits per heavy atom. The first kappa shape index (κ1) is 19.9. The van der Waals surface area contributed by atoms with Gasteiger partial charge in [-0.1, -0.05) is 50.0 Å². The Hall–Kier alpha value is -2.01. The monoisotopic (exact) mass is 402 g/mol. The highest BCUT2D eigenvalue weighted by Crippen LogP contribution is 2.66. The molecule has 0 radical (unpaired) electrons. The molecule has 0 bridgehead atoms. The number of hydrogen-bond donors (Lipinski definition) is 0. The van der Waals surface area contributed by atoms with Crippen LogP contribution in [0.4, 0.5) is 0 Å². The van der Waals surface area contributed by atoms with Gasteiger partial charge in [0.1, 0.15) is 6.10 Å². The van der Waals surface area contributed by atoms with E-state index in [1.54, 1.807) is 0 Å². The van der Waals surface area contributed by atoms with Gasteiger partial charge in [0, 0.05) is 16.6 Å². The van der Waals surface area contributed by atoms with Crippen molar-refractivity contribution in [3.63, 3.8) is 0 Å². The molecule has 0 amide bonds. The van der Waals surface area contributed by atoms with E-state index < -0.39 is 0 Å². The highest BCUT2D eigenvalue weighted by molar-refractivity contribution is 5.45. The molecule has 0 unspecified atom stereocenters. The van der Waals surface area contributed by atoms with Crippen molar-refractivity contribution in [2.45, 2.75) is 71.3 Å². The molecule has 0 heterocycles. The van der Waals surface area contributed by atoms with Crippen molar-refractivity contribution >= 4 is 6.47 Å². The zero-order chi connectivity index (χ0) is 20.8. The summed E-state index contributed by atoms with van der Waals surface area (Å²) in [6, 6.07) is 10.4. The normalized spacial score (nSPS) is 41.9. The smallest absolute Gasteiger partial charge is 0.293 e. The third-order valence-electron chi connectivity index (χ3n) is 9.56. The van der Waals surface area contributed by atoms with Crippen LogP contribution in [0.5, 0.6) is 0 Å². The van der Waals surface area contributed by atoms with E-state index in [-0.39, 0.29) is 11.5 Å². The van der Waals surface area contributed by atoms with Gasteiger partial charge in [0.05, 0.1) is 0 Å². The van der Waals surface area contributed by atoms with Crippen LogP contribution in [0, 0.1) is 46.3 Å². The van der Waals surface area contributed by atoms with Gasteiger partial charge in [-0.25, -0.2) is 0 Å². The van der Waals surface area contributed by atoms with E-state index in [1.807, 2.05) is 6.07 Å². The fraction of sp³-hybridized carbons (Fsp3) is 0.607. The van der Waals surface area contributed by atoms with Crippen LogP contribution in [0.15, 0.2) is 42.0 Å². The van der Waals surface area contributed by atoms with Gasteiger partial charge >= 0.3 is 0 Å². The second-order valence-corrected chi connectivity index (χ2v) is 10.7. The number of carbonyl (C=O) groups is 1. The van der Waals surface area contributed by atoms with Crippen LogP contribution in [-0.2, 0) is 9.53 Å². The standard InChI is InChI=1S/C28H34O2/c1-27-17-15-26-24(12-10-22-18-23(30-19-29)14-16-28(22,26)2)25(27)13-11-21(27)9-8-20-6-4-3-5-7-20/h3-7,11,19,22-26H,10,12-18H2,1-2H3/t22-,23-,24+,25+,26+,27-,28-/m0/s1. The molecule has 4 aliphatic rings. The molecule has 0 aromatic heterocycles. The number of allylic oxidation sites excluding steroid dienone is 2. The summed E-state index contributed by atoms with van der Waals surface area (Å²) in [5.74, 6) is 10.1. The van der Waals surface area contributed by atoms with Crippen LogP contribution in [0.1, 0.15) is 70.8 Å². The first-order chi connectivity index (χ1) is 14.5. The predicted octanol–water partition coefficient (Wildman–Crippen LogP) is 6.16. The van der Waals surface area contributed by atoms with E-state index in [0.29, 0.717) is 17.8 Å². The molecule has 0 saturated heterocycles. The highest BCUT2D eigenvalue weighted by Gasteiger charge is 2.58. The van der Waals surface area contributed by atoms with Crippen molar-refractivity contribution in [1.82, 2.24) is 0 Å². The number of carbonyl (C=O) groups excluding carboxylic acids is 1. The van der Waals surface area contributed by atoms with Crippen molar-refractivity contribution in [2.75, 3.05) is 0 Å². The van der Waals surface area contributed by atoms with Gasteiger partial charge in [-0.2, -0.15) is 0 Å². The summed E-state index contributed by atoms with van der Waals surface area (Å²) in [4.78, 5) is 10.8. The van der Waals surface area contributed by atoms with E-state index in [0.717, 1.165) is 36.2 Å². The zero-order valence-electron chi connectivity index (χ0n) is 18.4. The largest absolute Gasteiger partial charge is 0.465 e. The number of hydrogen-bond acceptors (Lipinski definition) is 2. The molecule has 4 aliphatic carbocycles. The van der Waals surface area contributed by atoms with E-state index in [1.165, 1.54) is 44.1 Å². The fourth-order valence-corrected chi connectivity index (χ4v) is 7.84. The van der Waals surface area contributed by atoms with Gasteiger partial charge in [-0.05, 0) is 92.6 Å². The molecule has 2 nitrogen and oxygen atoms in total. The van der Waals surface area contributed by atoms with Gasteiger partial charge in [0.2, 0.25) is 0 Å². The highest BCUT2D eigenvalue weighted by atomic mass is 16.5. The Labute approximate surface area is 181 Å². The lowest BCUT2D eigenvalue weighted by atomic mass is 9.44. The minimum atomic E-state index is 0.152. The van der Waals surface area contributed by atoms with Gasteiger partial charge in [-0.15, -0.1) is 0 Å². The molecule has 1 aromatic rings. The average Bonchev–Trinajstić information content (AvgIpc) is 3.10. The topological polar surface area (TPSA) is 26.3 Å². The summed E-state index contributed by atoms with van der Waals surface area (Å²) < 4.78 is 5.37. The van der Waals surface area contributed by atoms with Crippen molar-refractivity contribution in [3.05, 3.63) is 47.5 Å². The molecule has 3 saturated carbocycles. The Morgan fingerprint density at radius 3 is 2.63 bits per heavy atom. The molecule has 1 aromatic carbocycles. The fourth-order valence-electron chi connectivity index (χ4n) is 7.84. The molecule has 0 spiro atoms. The molecule has 3 fully saturated rings. The van der Waals surface area contributed by atoms with E-state index in [9.17, 15) is 4.79 Å². The maximum Gasteiger partial charge on any atom is 0.293 e. The lowest BCUT2D eigenvalue weighted by Crippen LogP contribution is -2.53.